The van der Waals surface area contributed by atoms with Crippen LogP contribution in [0, 0.1) is 44.4 Å². The Balaban J connectivity index is 0.000000199. The number of rotatable bonds is 23. The molecule has 9 aliphatic rings. The van der Waals surface area contributed by atoms with Gasteiger partial charge < -0.3 is 89.6 Å². The number of aliphatic hydroxyl groups excluding tert-OH is 1. The van der Waals surface area contributed by atoms with Crippen LogP contribution in [-0.2, 0) is 69.6 Å². The number of piperazine rings is 4. The van der Waals surface area contributed by atoms with E-state index in [2.05, 4.69) is 181 Å². The van der Waals surface area contributed by atoms with Crippen molar-refractivity contribution >= 4 is 114 Å². The number of halogens is 1. The van der Waals surface area contributed by atoms with Crippen molar-refractivity contribution in [2.24, 2.45) is 23.7 Å². The van der Waals surface area contributed by atoms with Gasteiger partial charge in [0.25, 0.3) is 0 Å². The quantitative estimate of drug-likeness (QED) is 0.0178. The van der Waals surface area contributed by atoms with E-state index in [1.807, 2.05) is 63.7 Å². The molecule has 5 aliphatic heterocycles. The number of thiocarbonyl (C=S) groups is 1. The molecule has 0 atom stereocenters. The number of aromatic nitrogens is 12. The van der Waals surface area contributed by atoms with Gasteiger partial charge in [-0.25, -0.2) is 49.5 Å². The first-order valence-corrected chi connectivity index (χ1v) is 59.5. The number of aryl methyl sites for hydroxylation is 3. The number of amides is 2. The van der Waals surface area contributed by atoms with Gasteiger partial charge in [0.15, 0.2) is 0 Å². The van der Waals surface area contributed by atoms with Crippen LogP contribution in [0.4, 0.5) is 9.59 Å². The summed E-state index contributed by atoms with van der Waals surface area (Å²) >= 11 is 7.61. The van der Waals surface area contributed by atoms with E-state index < -0.39 is 34.5 Å². The summed E-state index contributed by atoms with van der Waals surface area (Å²) in [6, 6.07) is 5.16. The van der Waals surface area contributed by atoms with Crippen LogP contribution in [0.1, 0.15) is 197 Å². The summed E-state index contributed by atoms with van der Waals surface area (Å²) in [5.41, 5.74) is 11.3. The monoisotopic (exact) mass is 2020 g/mol. The first kappa shape index (κ1) is 114. The van der Waals surface area contributed by atoms with Gasteiger partial charge in [-0.05, 0) is 285 Å². The Hall–Kier alpha value is -6.47. The Bertz CT molecular complexity index is 4700. The van der Waals surface area contributed by atoms with Crippen LogP contribution in [-0.4, -0.2) is 316 Å². The van der Waals surface area contributed by atoms with Gasteiger partial charge in [0.05, 0.1) is 28.2 Å². The molecule has 0 spiro atoms. The van der Waals surface area contributed by atoms with E-state index in [1.165, 1.54) is 188 Å². The molecule has 8 aromatic heterocycles. The highest BCUT2D eigenvalue weighted by Gasteiger charge is 2.37. The lowest BCUT2D eigenvalue weighted by atomic mass is 9.82. The van der Waals surface area contributed by atoms with E-state index in [4.69, 9.17) is 43.7 Å². The van der Waals surface area contributed by atoms with E-state index in [0.717, 1.165) is 209 Å². The number of carbonyl (C=O) groups excluding carboxylic acids is 2. The van der Waals surface area contributed by atoms with Gasteiger partial charge in [-0.15, -0.1) is 0 Å². The second-order valence-electron chi connectivity index (χ2n) is 43.5. The van der Waals surface area contributed by atoms with E-state index in [1.54, 1.807) is 29.9 Å². The Morgan fingerprint density at radius 1 is 0.474 bits per heavy atom. The summed E-state index contributed by atoms with van der Waals surface area (Å²) in [6.07, 6.45) is 41.7. The summed E-state index contributed by atoms with van der Waals surface area (Å²) in [5, 5.41) is 36.4. The van der Waals surface area contributed by atoms with Crippen LogP contribution in [0.25, 0.3) is 44.1 Å². The first-order chi connectivity index (χ1) is 64.6. The Morgan fingerprint density at radius 2 is 0.788 bits per heavy atom. The van der Waals surface area contributed by atoms with Crippen molar-refractivity contribution in [3.63, 3.8) is 0 Å². The minimum atomic E-state index is -1.17. The number of hydrogen-bond acceptors (Lipinski definition) is 26. The summed E-state index contributed by atoms with van der Waals surface area (Å²) in [6.45, 7) is 54.3. The molecule has 0 bridgehead atoms. The number of ether oxygens (including phenoxy) is 5. The molecule has 9 fully saturated rings. The maximum absolute atomic E-state index is 12.4. The molecular formula is C100H171BBrN21O11SSi2. The molecule has 4 saturated carbocycles. The van der Waals surface area contributed by atoms with Crippen molar-refractivity contribution in [2.45, 2.75) is 317 Å². The standard InChI is InChI=1S/C29H49N5O3Si.C28H46BrN5O3Si.C19H29N5O.C18H27N5.C4H8O.CH5BO2.CH2S.H3N.H2O/c1-22-19-34(21-36-16-17-38(5,6)7)27-26(22)25(30-20-31-27)18-23-8-10-24(11-9-23)32-12-14-33(15-13-32)28(35)37-29(2,3)4;1-28(2,3)37-27(35)33-13-11-32(12-14-33)22-9-7-21(8-10-22)17-24-25-23(29)18-34(26(25)31-19-30-24)20-36-15-16-38(4,5)6;1-14-11-24(13-25)19-18(14)17(21-12-22-19)10-15-2-4-16(5-3-15)23-8-6-20-7-9-23;1-13-11-20-18-17(13)16(21-12-22-18)10-14-2-4-15(5-3-14)23-8-6-19-7-9-23;1-2-4-5-3-1;1-2(3)4;1-2;;/h19-20,23-24H,8-18,21H2,1-7H3;18-19,21-22H,7-17,20H2,1-6H3;11-12,15-16,20,25H,2-10,13H2,1H3;11-12,14-15,19H,2-10H2,1H3,(H,20,21,22);1-4H2;3-4H,1H3;1H2;1H3;1H2. The zero-order valence-electron chi connectivity index (χ0n) is 86.1. The molecule has 4 aliphatic carbocycles. The number of nitrogens with zero attached hydrogens (tertiary/aromatic N) is 17. The normalized spacial score (nSPS) is 22.3. The van der Waals surface area contributed by atoms with Gasteiger partial charge in [0, 0.05) is 217 Å². The number of nitrogens with one attached hydrogen (secondary N) is 3. The van der Waals surface area contributed by atoms with Crippen molar-refractivity contribution in [1.82, 2.24) is 105 Å². The predicted octanol–water partition coefficient (Wildman–Crippen LogP) is 15.7. The van der Waals surface area contributed by atoms with Crippen molar-refractivity contribution < 1.29 is 53.9 Å². The van der Waals surface area contributed by atoms with Crippen molar-refractivity contribution in [2.75, 3.05) is 131 Å². The summed E-state index contributed by atoms with van der Waals surface area (Å²) in [5.74, 6) is 5.62. The van der Waals surface area contributed by atoms with Gasteiger partial charge in [0.1, 0.15) is 79.3 Å². The van der Waals surface area contributed by atoms with Crippen LogP contribution in [0.2, 0.25) is 58.2 Å². The molecule has 13 heterocycles. The molecule has 5 saturated heterocycles. The molecule has 137 heavy (non-hydrogen) atoms. The molecule has 2 amide bonds. The third-order valence-electron chi connectivity index (χ3n) is 28.2. The number of H-pyrrole nitrogens is 1. The number of fused-ring (bicyclic) bond motifs is 4. The minimum absolute atomic E-state index is 0. The second kappa shape index (κ2) is 55.4. The average Bonchev–Trinajstić information content (AvgIpc) is 1.70. The van der Waals surface area contributed by atoms with Gasteiger partial charge in [0.2, 0.25) is 0 Å². The lowest BCUT2D eigenvalue weighted by Gasteiger charge is -2.42. The lowest BCUT2D eigenvalue weighted by molar-refractivity contribution is 0.00640. The number of hydrogen-bond donors (Lipinski definition) is 7. The largest absolute Gasteiger partial charge is 0.448 e. The second-order valence-corrected chi connectivity index (χ2v) is 55.6. The minimum Gasteiger partial charge on any atom is -0.444 e. The molecule has 8 aromatic rings. The van der Waals surface area contributed by atoms with E-state index in [0.29, 0.717) is 43.3 Å². The molecule has 0 radical (unpaired) electrons. The molecule has 11 N–H and O–H groups in total. The maximum Gasteiger partial charge on any atom is 0.448 e. The van der Waals surface area contributed by atoms with Crippen molar-refractivity contribution in [1.29, 1.82) is 0 Å². The lowest BCUT2D eigenvalue weighted by Crippen LogP contribution is -2.53. The van der Waals surface area contributed by atoms with Crippen LogP contribution < -0.4 is 16.8 Å². The van der Waals surface area contributed by atoms with Crippen LogP contribution in [0.15, 0.2) is 54.6 Å². The van der Waals surface area contributed by atoms with Gasteiger partial charge >= 0.3 is 19.3 Å². The number of carbonyl (C=O) groups is 2. The Morgan fingerprint density at radius 3 is 1.12 bits per heavy atom. The van der Waals surface area contributed by atoms with Crippen molar-refractivity contribution in [3.8, 4) is 0 Å². The fraction of sp³-hybridized carbons (Fsp3) is 0.730. The topological polar surface area (TPSA) is 385 Å². The van der Waals surface area contributed by atoms with Crippen LogP contribution >= 0.6 is 28.1 Å². The zero-order chi connectivity index (χ0) is 97.0. The molecule has 32 nitrogen and oxygen atoms in total. The number of aromatic amines is 1. The average molecular weight is 2020 g/mol. The van der Waals surface area contributed by atoms with Crippen LogP contribution in [0.3, 0.4) is 0 Å². The zero-order valence-corrected chi connectivity index (χ0v) is 90.5. The van der Waals surface area contributed by atoms with Crippen LogP contribution in [0.5, 0.6) is 0 Å². The highest BCUT2D eigenvalue weighted by Crippen LogP contribution is 2.39. The fourth-order valence-corrected chi connectivity index (χ4v) is 23.0. The van der Waals surface area contributed by atoms with Crippen molar-refractivity contribution in [3.05, 3.63) is 94.0 Å². The van der Waals surface area contributed by atoms with E-state index >= 15 is 0 Å². The van der Waals surface area contributed by atoms with Gasteiger partial charge in [-0.2, -0.15) is 0 Å². The number of aliphatic hydroxyl groups is 1. The molecule has 0 aromatic carbocycles. The molecule has 0 unspecified atom stereocenters. The third-order valence-corrected chi connectivity index (χ3v) is 32.2. The molecule has 37 heteroatoms. The molecular weight excluding hydrogens is 1850 g/mol. The van der Waals surface area contributed by atoms with Gasteiger partial charge in [-0.3, -0.25) is 19.6 Å². The van der Waals surface area contributed by atoms with Gasteiger partial charge in [-0.1, -0.05) is 51.5 Å². The van der Waals surface area contributed by atoms with E-state index in [9.17, 15) is 14.7 Å². The smallest absolute Gasteiger partial charge is 0.444 e. The predicted molar refractivity (Wildman–Crippen MR) is 564 cm³/mol. The highest BCUT2D eigenvalue weighted by atomic mass is 79.9. The third kappa shape index (κ3) is 35.5. The molecule has 766 valence electrons. The first-order valence-electron chi connectivity index (χ1n) is 50.8. The Kier molecular flexibility index (Phi) is 46.1. The molecule has 17 rings (SSSR count). The summed E-state index contributed by atoms with van der Waals surface area (Å²) in [7, 11) is -3.36. The van der Waals surface area contributed by atoms with E-state index in [-0.39, 0.29) is 30.5 Å². The summed E-state index contributed by atoms with van der Waals surface area (Å²) < 4.78 is 35.2. The SMILES string of the molecule is C1CCOC1.C=S.CB(O)O.CC(C)(C)OC(=O)N1CCN(C2CCC(Cc3ncnc4c3c(Br)cn4COCC[Si](C)(C)C)CC2)CC1.Cc1c[nH]c2ncnc(CC3CCC(N4CCNCC4)CC3)c12.Cc1cn(CO)c2ncnc(CC3CCC(N4CCNCC4)CC3)c12.Cc1cn(COCC[Si](C)(C)C)c2ncnc(CC3CCC(N4CCN(C(=O)OC(C)(C)C)CC4)CC3)c12.N.O. The summed E-state index contributed by atoms with van der Waals surface area (Å²) in [4.78, 5) is 78.9. The maximum atomic E-state index is 12.4. The fourth-order valence-electron chi connectivity index (χ4n) is 20.9. The Labute approximate surface area is 833 Å². The highest BCUT2D eigenvalue weighted by molar-refractivity contribution is 9.10.